The van der Waals surface area contributed by atoms with Gasteiger partial charge in [0.25, 0.3) is 0 Å². The first kappa shape index (κ1) is 20.0. The number of thiophene rings is 1. The van der Waals surface area contributed by atoms with E-state index in [1.54, 1.807) is 25.6 Å². The highest BCUT2D eigenvalue weighted by Crippen LogP contribution is 2.26. The third-order valence-corrected chi connectivity index (χ3v) is 6.21. The molecule has 1 fully saturated rings. The second kappa shape index (κ2) is 9.43. The van der Waals surface area contributed by atoms with Gasteiger partial charge in [-0.25, -0.2) is 4.79 Å². The number of nitrogens with zero attached hydrogens (tertiary/aromatic N) is 2. The molecule has 3 rings (SSSR count). The number of hydrogen-bond acceptors (Lipinski definition) is 5. The molecule has 0 saturated carbocycles. The Labute approximate surface area is 172 Å². The molecule has 0 unspecified atom stereocenters. The molecule has 1 saturated heterocycles. The van der Waals surface area contributed by atoms with Crippen molar-refractivity contribution in [3.8, 4) is 11.5 Å². The van der Waals surface area contributed by atoms with Gasteiger partial charge in [-0.3, -0.25) is 4.90 Å². The van der Waals surface area contributed by atoms with Crippen LogP contribution in [-0.4, -0.2) is 56.2 Å². The summed E-state index contributed by atoms with van der Waals surface area (Å²) in [5, 5.41) is 3.00. The van der Waals surface area contributed by atoms with E-state index in [0.29, 0.717) is 19.6 Å². The number of methoxy groups -OCH3 is 2. The van der Waals surface area contributed by atoms with Crippen molar-refractivity contribution in [1.29, 1.82) is 0 Å². The van der Waals surface area contributed by atoms with E-state index in [2.05, 4.69) is 26.1 Å². The molecule has 0 spiro atoms. The fraction of sp³-hybridized carbons (Fsp3) is 0.421. The molecule has 146 valence electrons. The zero-order chi connectivity index (χ0) is 19.2. The number of halogens is 1. The standard InChI is InChI=1S/C19H24BrN3O3S/c1-25-15-3-5-17(26-2)14(11-15)13-22-7-9-23(10-8-22)19(24)21-12-16-4-6-18(20)27-16/h3-6,11H,7-10,12-13H2,1-2H3,(H,21,24). The largest absolute Gasteiger partial charge is 0.497 e. The van der Waals surface area contributed by atoms with Gasteiger partial charge in [-0.05, 0) is 46.3 Å². The van der Waals surface area contributed by atoms with Gasteiger partial charge in [-0.1, -0.05) is 0 Å². The van der Waals surface area contributed by atoms with Crippen LogP contribution in [0, 0.1) is 0 Å². The minimum atomic E-state index is -0.00173. The second-order valence-corrected chi connectivity index (χ2v) is 8.85. The lowest BCUT2D eigenvalue weighted by Crippen LogP contribution is -2.51. The summed E-state index contributed by atoms with van der Waals surface area (Å²) in [5.41, 5.74) is 1.10. The first-order valence-electron chi connectivity index (χ1n) is 8.79. The number of carbonyl (C=O) groups is 1. The van der Waals surface area contributed by atoms with Gasteiger partial charge in [0.1, 0.15) is 11.5 Å². The Morgan fingerprint density at radius 2 is 1.93 bits per heavy atom. The van der Waals surface area contributed by atoms with E-state index < -0.39 is 0 Å². The van der Waals surface area contributed by atoms with E-state index in [1.807, 2.05) is 35.2 Å². The normalized spacial score (nSPS) is 14.9. The van der Waals surface area contributed by atoms with Crippen molar-refractivity contribution in [3.63, 3.8) is 0 Å². The first-order chi connectivity index (χ1) is 13.1. The predicted molar refractivity (Wildman–Crippen MR) is 111 cm³/mol. The number of carbonyl (C=O) groups excluding carboxylic acids is 1. The molecule has 6 nitrogen and oxygen atoms in total. The van der Waals surface area contributed by atoms with Crippen molar-refractivity contribution in [2.24, 2.45) is 0 Å². The smallest absolute Gasteiger partial charge is 0.317 e. The summed E-state index contributed by atoms with van der Waals surface area (Å²) >= 11 is 5.08. The summed E-state index contributed by atoms with van der Waals surface area (Å²) in [6.45, 7) is 4.44. The van der Waals surface area contributed by atoms with Crippen LogP contribution in [0.4, 0.5) is 4.79 Å². The highest BCUT2D eigenvalue weighted by atomic mass is 79.9. The number of hydrogen-bond donors (Lipinski definition) is 1. The fourth-order valence-corrected chi connectivity index (χ4v) is 4.50. The Balaban J connectivity index is 1.49. The summed E-state index contributed by atoms with van der Waals surface area (Å²) in [5.74, 6) is 1.68. The van der Waals surface area contributed by atoms with Gasteiger partial charge >= 0.3 is 6.03 Å². The van der Waals surface area contributed by atoms with E-state index in [9.17, 15) is 4.79 Å². The second-order valence-electron chi connectivity index (χ2n) is 6.31. The summed E-state index contributed by atoms with van der Waals surface area (Å²) in [4.78, 5) is 17.7. The van der Waals surface area contributed by atoms with Crippen LogP contribution in [0.15, 0.2) is 34.1 Å². The molecule has 1 aliphatic heterocycles. The molecule has 0 aliphatic carbocycles. The molecule has 1 aromatic heterocycles. The van der Waals surface area contributed by atoms with Crippen molar-refractivity contribution in [3.05, 3.63) is 44.6 Å². The maximum Gasteiger partial charge on any atom is 0.317 e. The topological polar surface area (TPSA) is 54.0 Å². The van der Waals surface area contributed by atoms with Crippen LogP contribution in [-0.2, 0) is 13.1 Å². The summed E-state index contributed by atoms with van der Waals surface area (Å²) < 4.78 is 11.9. The number of rotatable bonds is 6. The summed E-state index contributed by atoms with van der Waals surface area (Å²) in [6, 6.07) is 9.86. The summed E-state index contributed by atoms with van der Waals surface area (Å²) in [7, 11) is 3.34. The fourth-order valence-electron chi connectivity index (χ4n) is 3.08. The van der Waals surface area contributed by atoms with Crippen molar-refractivity contribution < 1.29 is 14.3 Å². The molecule has 1 aliphatic rings. The van der Waals surface area contributed by atoms with E-state index in [1.165, 1.54) is 0 Å². The number of amides is 2. The van der Waals surface area contributed by atoms with Gasteiger partial charge < -0.3 is 19.7 Å². The average Bonchev–Trinajstić information content (AvgIpc) is 3.12. The van der Waals surface area contributed by atoms with Gasteiger partial charge in [0.2, 0.25) is 0 Å². The van der Waals surface area contributed by atoms with Crippen LogP contribution in [0.3, 0.4) is 0 Å². The highest BCUT2D eigenvalue weighted by Gasteiger charge is 2.22. The molecular formula is C19H24BrN3O3S. The molecule has 0 atom stereocenters. The van der Waals surface area contributed by atoms with Crippen LogP contribution in [0.25, 0.3) is 0 Å². The van der Waals surface area contributed by atoms with E-state index >= 15 is 0 Å². The van der Waals surface area contributed by atoms with Crippen LogP contribution in [0.1, 0.15) is 10.4 Å². The number of piperazine rings is 1. The third kappa shape index (κ3) is 5.37. The molecule has 27 heavy (non-hydrogen) atoms. The van der Waals surface area contributed by atoms with Crippen LogP contribution < -0.4 is 14.8 Å². The van der Waals surface area contributed by atoms with Crippen LogP contribution in [0.2, 0.25) is 0 Å². The Kier molecular flexibility index (Phi) is 6.98. The SMILES string of the molecule is COc1ccc(OC)c(CN2CCN(C(=O)NCc3ccc(Br)s3)CC2)c1. The molecule has 2 heterocycles. The monoisotopic (exact) mass is 453 g/mol. The first-order valence-corrected chi connectivity index (χ1v) is 10.4. The lowest BCUT2D eigenvalue weighted by atomic mass is 10.1. The minimum absolute atomic E-state index is 0.00173. The Morgan fingerprint density at radius 1 is 1.15 bits per heavy atom. The quantitative estimate of drug-likeness (QED) is 0.726. The Morgan fingerprint density at radius 3 is 2.56 bits per heavy atom. The maximum absolute atomic E-state index is 12.4. The van der Waals surface area contributed by atoms with E-state index in [-0.39, 0.29) is 6.03 Å². The highest BCUT2D eigenvalue weighted by molar-refractivity contribution is 9.11. The van der Waals surface area contributed by atoms with Gasteiger partial charge in [-0.2, -0.15) is 0 Å². The molecular weight excluding hydrogens is 430 g/mol. The molecule has 8 heteroatoms. The van der Waals surface area contributed by atoms with Crippen molar-refractivity contribution in [2.45, 2.75) is 13.1 Å². The molecule has 0 bridgehead atoms. The van der Waals surface area contributed by atoms with E-state index in [4.69, 9.17) is 9.47 Å². The zero-order valence-corrected chi connectivity index (χ0v) is 17.9. The zero-order valence-electron chi connectivity index (χ0n) is 15.5. The number of ether oxygens (including phenoxy) is 2. The number of nitrogens with one attached hydrogen (secondary N) is 1. The van der Waals surface area contributed by atoms with Gasteiger partial charge in [-0.15, -0.1) is 11.3 Å². The molecule has 0 radical (unpaired) electrons. The predicted octanol–water partition coefficient (Wildman–Crippen LogP) is 3.56. The van der Waals surface area contributed by atoms with Gasteiger partial charge in [0, 0.05) is 43.2 Å². The lowest BCUT2D eigenvalue weighted by Gasteiger charge is -2.34. The lowest BCUT2D eigenvalue weighted by molar-refractivity contribution is 0.134. The third-order valence-electron chi connectivity index (χ3n) is 4.58. The number of urea groups is 1. The summed E-state index contributed by atoms with van der Waals surface area (Å²) in [6.07, 6.45) is 0. The Hall–Kier alpha value is -1.77. The van der Waals surface area contributed by atoms with Crippen LogP contribution in [0.5, 0.6) is 11.5 Å². The van der Waals surface area contributed by atoms with Gasteiger partial charge in [0.05, 0.1) is 24.6 Å². The van der Waals surface area contributed by atoms with Crippen molar-refractivity contribution in [2.75, 3.05) is 40.4 Å². The molecule has 1 aromatic carbocycles. The van der Waals surface area contributed by atoms with Crippen LogP contribution >= 0.6 is 27.3 Å². The van der Waals surface area contributed by atoms with E-state index in [0.717, 1.165) is 45.4 Å². The van der Waals surface area contributed by atoms with Crippen molar-refractivity contribution in [1.82, 2.24) is 15.1 Å². The average molecular weight is 454 g/mol. The van der Waals surface area contributed by atoms with Crippen molar-refractivity contribution >= 4 is 33.3 Å². The maximum atomic E-state index is 12.4. The molecule has 2 aromatic rings. The molecule has 2 amide bonds. The minimum Gasteiger partial charge on any atom is -0.497 e. The molecule has 1 N–H and O–H groups in total. The number of benzene rings is 1. The van der Waals surface area contributed by atoms with Gasteiger partial charge in [0.15, 0.2) is 0 Å². The Bertz CT molecular complexity index is 775.